The van der Waals surface area contributed by atoms with E-state index in [2.05, 4.69) is 33.2 Å². The van der Waals surface area contributed by atoms with Gasteiger partial charge in [0, 0.05) is 34.8 Å². The zero-order valence-corrected chi connectivity index (χ0v) is 33.9. The quantitative estimate of drug-likeness (QED) is 0.0694. The van der Waals surface area contributed by atoms with Gasteiger partial charge in [0.25, 0.3) is 0 Å². The molecule has 7 rings (SSSR count). The molecule has 322 valence electrons. The van der Waals surface area contributed by atoms with Gasteiger partial charge in [0.1, 0.15) is 29.9 Å². The Morgan fingerprint density at radius 1 is 1.00 bits per heavy atom. The van der Waals surface area contributed by atoms with E-state index in [0.29, 0.717) is 35.2 Å². The van der Waals surface area contributed by atoms with Crippen molar-refractivity contribution in [1.29, 1.82) is 0 Å². The normalized spacial score (nSPS) is 24.2. The molecule has 7 N–H and O–H groups in total. The van der Waals surface area contributed by atoms with Gasteiger partial charge in [-0.1, -0.05) is 36.1 Å². The summed E-state index contributed by atoms with van der Waals surface area (Å²) in [6.45, 7) is 4.18. The second-order valence-electron chi connectivity index (χ2n) is 15.5. The number of hydrogen-bond donors (Lipinski definition) is 7. The smallest absolute Gasteiger partial charge is 0.335 e. The van der Waals surface area contributed by atoms with Gasteiger partial charge < -0.3 is 50.2 Å². The number of aliphatic hydroxyl groups excluding tert-OH is 4. The van der Waals surface area contributed by atoms with Crippen LogP contribution < -0.4 is 15.0 Å². The molecule has 4 aromatic rings. The number of aliphatic carboxylic acids is 1. The van der Waals surface area contributed by atoms with Gasteiger partial charge in [-0.15, -0.1) is 0 Å². The second kappa shape index (κ2) is 19.1. The molecule has 1 aromatic heterocycles. The monoisotopic (exact) mass is 846 g/mol. The number of ether oxygens (including phenoxy) is 2. The van der Waals surface area contributed by atoms with Crippen LogP contribution in [-0.4, -0.2) is 91.3 Å². The summed E-state index contributed by atoms with van der Waals surface area (Å²) in [6.07, 6.45) is -2.68. The number of anilines is 1. The Morgan fingerprint density at radius 3 is 2.40 bits per heavy atom. The first-order chi connectivity index (χ1) is 29.7. The number of halogens is 1. The molecule has 0 radical (unpaired) electrons. The number of nitrogens with zero attached hydrogens (tertiary/aromatic N) is 2. The van der Waals surface area contributed by atoms with Gasteiger partial charge in [-0.25, -0.2) is 9.18 Å². The lowest BCUT2D eigenvalue weighted by Crippen LogP contribution is -2.61. The molecule has 8 atom stereocenters. The minimum Gasteiger partial charge on any atom is -0.479 e. The molecule has 0 unspecified atom stereocenters. The standard InChI is InChI=1S/C47H47FN4O10/c1-26-24-27(2)50-37(26)25-33-14-13-32(51-33)15-22-39(54)49-23-3-4-28-5-16-34(17-6-28)52-40(36(45(52)58)20-21-38(53)29-7-11-31(48)12-8-29)30-9-18-35(19-10-30)61-47-43(57)41(55)42(56)44(62-47)46(59)60/h5-14,16-19,24-25,36,38,40-44,47,50,53,55-57H,15,20-23H2,1-2H3,(H,49,54)(H,59,60)/b33-25+/t36-,38+,40-,41+,42+,43-,44+,47-/m1/s1. The van der Waals surface area contributed by atoms with E-state index in [-0.39, 0.29) is 37.0 Å². The van der Waals surface area contributed by atoms with Crippen LogP contribution in [0.4, 0.5) is 10.1 Å². The summed E-state index contributed by atoms with van der Waals surface area (Å²) in [5.41, 5.74) is 7.37. The van der Waals surface area contributed by atoms with E-state index < -0.39 is 60.6 Å². The fourth-order valence-electron chi connectivity index (χ4n) is 7.73. The number of rotatable bonds is 14. The van der Waals surface area contributed by atoms with Crippen molar-refractivity contribution in [2.24, 2.45) is 10.9 Å². The molecule has 15 heteroatoms. The molecule has 0 spiro atoms. The molecule has 4 heterocycles. The highest BCUT2D eigenvalue weighted by Gasteiger charge is 2.49. The lowest BCUT2D eigenvalue weighted by molar-refractivity contribution is -0.271. The number of aliphatic imine (C=N–C) groups is 1. The average Bonchev–Trinajstić information content (AvgIpc) is 3.85. The summed E-state index contributed by atoms with van der Waals surface area (Å²) in [6, 6.07) is 20.7. The highest BCUT2D eigenvalue weighted by molar-refractivity contribution is 6.03. The minimum atomic E-state index is -1.87. The number of aromatic nitrogens is 1. The molecule has 2 saturated heterocycles. The summed E-state index contributed by atoms with van der Waals surface area (Å²) in [4.78, 5) is 47.4. The molecular formula is C47H47FN4O10. The topological polar surface area (TPSA) is 214 Å². The number of carbonyl (C=O) groups excluding carboxylic acids is 2. The average molecular weight is 847 g/mol. The Kier molecular flexibility index (Phi) is 13.5. The van der Waals surface area contributed by atoms with E-state index in [4.69, 9.17) is 9.47 Å². The van der Waals surface area contributed by atoms with Crippen molar-refractivity contribution in [3.05, 3.63) is 136 Å². The molecule has 3 aliphatic heterocycles. The van der Waals surface area contributed by atoms with Crippen LogP contribution in [0, 0.1) is 37.4 Å². The number of carboxylic acids is 1. The van der Waals surface area contributed by atoms with Gasteiger partial charge in [-0.05, 0) is 123 Å². The van der Waals surface area contributed by atoms with Crippen LogP contribution in [0.5, 0.6) is 5.75 Å². The van der Waals surface area contributed by atoms with Crippen LogP contribution in [0.1, 0.15) is 71.5 Å². The summed E-state index contributed by atoms with van der Waals surface area (Å²) < 4.78 is 24.4. The SMILES string of the molecule is Cc1cc(C)c(/C=C2\C=CC(CCC(=O)NCC#Cc3ccc(N4C(=O)[C@H](CC[C@H](O)c5ccc(F)cc5)[C@H]4c4ccc(O[C@@H]5O[C@H](C(=O)O)[C@@H](O)[C@H](O)[C@H]5O)cc4)cc3)=N2)[nH]1. The Balaban J connectivity index is 0.978. The second-order valence-corrected chi connectivity index (χ2v) is 15.5. The number of aromatic amines is 1. The molecule has 62 heavy (non-hydrogen) atoms. The van der Waals surface area contributed by atoms with Crippen LogP contribution in [0.15, 0.2) is 102 Å². The van der Waals surface area contributed by atoms with Crippen molar-refractivity contribution in [2.75, 3.05) is 11.4 Å². The molecule has 0 saturated carbocycles. The van der Waals surface area contributed by atoms with Crippen molar-refractivity contribution in [3.8, 4) is 17.6 Å². The minimum absolute atomic E-state index is 0.145. The summed E-state index contributed by atoms with van der Waals surface area (Å²) in [5, 5.41) is 53.7. The van der Waals surface area contributed by atoms with Crippen molar-refractivity contribution in [2.45, 2.75) is 82.4 Å². The van der Waals surface area contributed by atoms with Crippen LogP contribution in [0.2, 0.25) is 0 Å². The molecule has 2 amide bonds. The lowest BCUT2D eigenvalue weighted by Gasteiger charge is -2.48. The number of benzene rings is 3. The van der Waals surface area contributed by atoms with E-state index >= 15 is 0 Å². The van der Waals surface area contributed by atoms with Crippen molar-refractivity contribution >= 4 is 35.3 Å². The molecular weight excluding hydrogens is 800 g/mol. The van der Waals surface area contributed by atoms with Crippen LogP contribution in [-0.2, 0) is 19.1 Å². The first-order valence-electron chi connectivity index (χ1n) is 20.2. The molecule has 14 nitrogen and oxygen atoms in total. The van der Waals surface area contributed by atoms with Gasteiger partial charge in [-0.2, -0.15) is 0 Å². The summed E-state index contributed by atoms with van der Waals surface area (Å²) in [5.74, 6) is 3.34. The Morgan fingerprint density at radius 2 is 1.73 bits per heavy atom. The van der Waals surface area contributed by atoms with E-state index in [1.54, 1.807) is 53.4 Å². The maximum atomic E-state index is 13.8. The number of β-lactam (4-membered cyclic amide) rings is 1. The number of carboxylic acid groups (broad SMARTS) is 1. The molecule has 0 aliphatic carbocycles. The van der Waals surface area contributed by atoms with Crippen LogP contribution in [0.3, 0.4) is 0 Å². The fraction of sp³-hybridized carbons (Fsp3) is 0.319. The Labute approximate surface area is 357 Å². The van der Waals surface area contributed by atoms with Crippen molar-refractivity contribution < 1.29 is 53.8 Å². The van der Waals surface area contributed by atoms with Crippen molar-refractivity contribution in [3.63, 3.8) is 0 Å². The van der Waals surface area contributed by atoms with Crippen LogP contribution in [0.25, 0.3) is 6.08 Å². The van der Waals surface area contributed by atoms with Gasteiger partial charge >= 0.3 is 5.97 Å². The molecule has 2 fully saturated rings. The number of aliphatic hydroxyl groups is 4. The van der Waals surface area contributed by atoms with Crippen LogP contribution >= 0.6 is 0 Å². The van der Waals surface area contributed by atoms with Crippen molar-refractivity contribution in [1.82, 2.24) is 10.3 Å². The zero-order chi connectivity index (χ0) is 44.1. The van der Waals surface area contributed by atoms with Gasteiger partial charge in [0.15, 0.2) is 6.10 Å². The largest absolute Gasteiger partial charge is 0.479 e. The number of aryl methyl sites for hydroxylation is 2. The zero-order valence-electron chi connectivity index (χ0n) is 33.9. The van der Waals surface area contributed by atoms with E-state index in [9.17, 15) is 44.3 Å². The van der Waals surface area contributed by atoms with E-state index in [1.807, 2.05) is 32.1 Å². The van der Waals surface area contributed by atoms with E-state index in [0.717, 1.165) is 28.4 Å². The first kappa shape index (κ1) is 43.7. The number of allylic oxidation sites excluding steroid dienone is 2. The third kappa shape index (κ3) is 10.0. The number of carbonyl (C=O) groups is 3. The highest BCUT2D eigenvalue weighted by atomic mass is 19.1. The number of hydrogen-bond acceptors (Lipinski definition) is 10. The number of amides is 2. The molecule has 3 aliphatic rings. The Bertz CT molecular complexity index is 2430. The molecule has 3 aromatic carbocycles. The fourth-order valence-corrected chi connectivity index (χ4v) is 7.73. The first-order valence-corrected chi connectivity index (χ1v) is 20.2. The van der Waals surface area contributed by atoms with Gasteiger partial charge in [-0.3, -0.25) is 14.6 Å². The highest BCUT2D eigenvalue weighted by Crippen LogP contribution is 2.46. The lowest BCUT2D eigenvalue weighted by atomic mass is 9.78. The number of nitrogens with one attached hydrogen (secondary N) is 2. The predicted molar refractivity (Wildman–Crippen MR) is 226 cm³/mol. The summed E-state index contributed by atoms with van der Waals surface area (Å²) in [7, 11) is 0. The molecule has 0 bridgehead atoms. The maximum Gasteiger partial charge on any atom is 0.335 e. The van der Waals surface area contributed by atoms with Gasteiger partial charge in [0.05, 0.1) is 30.3 Å². The third-order valence-corrected chi connectivity index (χ3v) is 11.1. The van der Waals surface area contributed by atoms with Gasteiger partial charge in [0.2, 0.25) is 18.1 Å². The number of H-pyrrole nitrogens is 1. The predicted octanol–water partition coefficient (Wildman–Crippen LogP) is 4.56. The Hall–Kier alpha value is -6.41. The van der Waals surface area contributed by atoms with E-state index in [1.165, 1.54) is 24.3 Å². The third-order valence-electron chi connectivity index (χ3n) is 11.1. The maximum absolute atomic E-state index is 13.8. The summed E-state index contributed by atoms with van der Waals surface area (Å²) >= 11 is 0.